The molecule has 0 spiro atoms. The predicted octanol–water partition coefficient (Wildman–Crippen LogP) is 1.67. The van der Waals surface area contributed by atoms with Crippen molar-refractivity contribution < 1.29 is 13.7 Å². The minimum Gasteiger partial charge on any atom is -0.767 e. The Kier molecular flexibility index (Phi) is 3.54. The molecular weight excluding hydrogens is 282 g/mol. The van der Waals surface area contributed by atoms with Gasteiger partial charge in [0.15, 0.2) is 0 Å². The summed E-state index contributed by atoms with van der Waals surface area (Å²) in [5.41, 5.74) is 0. The molecule has 1 heterocycles. The molecule has 0 amide bonds. The van der Waals surface area contributed by atoms with Gasteiger partial charge in [-0.3, -0.25) is 14.3 Å². The van der Waals surface area contributed by atoms with Gasteiger partial charge in [-0.1, -0.05) is 0 Å². The molecule has 2 unspecified atom stereocenters. The molecule has 1 aromatic rings. The topological polar surface area (TPSA) is 83.3 Å². The lowest BCUT2D eigenvalue weighted by Gasteiger charge is -2.09. The van der Waals surface area contributed by atoms with Gasteiger partial charge in [-0.2, -0.15) is 0 Å². The van der Waals surface area contributed by atoms with Crippen LogP contribution in [0.25, 0.3) is 0 Å². The van der Waals surface area contributed by atoms with Gasteiger partial charge in [0.1, 0.15) is 0 Å². The standard InChI is InChI=1S/C5H4BrNO4S2/c6-3-1-4(12-2-3)5(7(8)9)13(10)11/h1-2,5H,(H,10,11)/p-1. The first-order valence-corrected chi connectivity index (χ1v) is 5.79. The molecule has 0 aliphatic carbocycles. The predicted molar refractivity (Wildman–Crippen MR) is 50.7 cm³/mol. The summed E-state index contributed by atoms with van der Waals surface area (Å²) in [5.74, 6) is 0. The molecule has 0 saturated carbocycles. The van der Waals surface area contributed by atoms with Crippen LogP contribution >= 0.6 is 27.3 Å². The lowest BCUT2D eigenvalue weighted by molar-refractivity contribution is -0.502. The largest absolute Gasteiger partial charge is 0.767 e. The third kappa shape index (κ3) is 2.56. The van der Waals surface area contributed by atoms with Crippen molar-refractivity contribution in [3.05, 3.63) is 30.9 Å². The van der Waals surface area contributed by atoms with Crippen LogP contribution in [0, 0.1) is 10.1 Å². The maximum absolute atomic E-state index is 10.5. The van der Waals surface area contributed by atoms with Crippen molar-refractivity contribution in [2.75, 3.05) is 0 Å². The molecule has 0 aliphatic rings. The van der Waals surface area contributed by atoms with Crippen LogP contribution in [0.1, 0.15) is 10.3 Å². The lowest BCUT2D eigenvalue weighted by atomic mass is 10.5. The maximum Gasteiger partial charge on any atom is 0.307 e. The van der Waals surface area contributed by atoms with E-state index in [1.165, 1.54) is 6.07 Å². The van der Waals surface area contributed by atoms with Crippen molar-refractivity contribution in [2.45, 2.75) is 5.37 Å². The van der Waals surface area contributed by atoms with Crippen LogP contribution in [0.3, 0.4) is 0 Å². The summed E-state index contributed by atoms with van der Waals surface area (Å²) in [7, 11) is 0. The molecule has 5 nitrogen and oxygen atoms in total. The van der Waals surface area contributed by atoms with E-state index >= 15 is 0 Å². The average Bonchev–Trinajstić information content (AvgIpc) is 2.34. The molecule has 72 valence electrons. The zero-order chi connectivity index (χ0) is 10.0. The van der Waals surface area contributed by atoms with E-state index in [-0.39, 0.29) is 4.88 Å². The van der Waals surface area contributed by atoms with Gasteiger partial charge < -0.3 is 4.55 Å². The zero-order valence-corrected chi connectivity index (χ0v) is 9.23. The highest BCUT2D eigenvalue weighted by molar-refractivity contribution is 9.10. The fraction of sp³-hybridized carbons (Fsp3) is 0.200. The Labute approximate surface area is 88.3 Å². The highest BCUT2D eigenvalue weighted by Crippen LogP contribution is 2.28. The van der Waals surface area contributed by atoms with E-state index < -0.39 is 21.4 Å². The number of nitro groups is 1. The van der Waals surface area contributed by atoms with Gasteiger partial charge in [0.05, 0.1) is 4.88 Å². The van der Waals surface area contributed by atoms with Gasteiger partial charge >= 0.3 is 5.37 Å². The highest BCUT2D eigenvalue weighted by atomic mass is 79.9. The summed E-state index contributed by atoms with van der Waals surface area (Å²) in [5, 5.41) is 10.3. The van der Waals surface area contributed by atoms with E-state index in [1.54, 1.807) is 5.38 Å². The van der Waals surface area contributed by atoms with Crippen molar-refractivity contribution in [1.29, 1.82) is 0 Å². The van der Waals surface area contributed by atoms with Crippen LogP contribution in [-0.4, -0.2) is 13.7 Å². The first-order valence-electron chi connectivity index (χ1n) is 2.98. The summed E-state index contributed by atoms with van der Waals surface area (Å²) < 4.78 is 21.6. The van der Waals surface area contributed by atoms with E-state index in [0.29, 0.717) is 4.47 Å². The van der Waals surface area contributed by atoms with Gasteiger partial charge in [0, 0.05) is 25.9 Å². The van der Waals surface area contributed by atoms with E-state index in [4.69, 9.17) is 0 Å². The second-order valence-corrected chi connectivity index (χ2v) is 4.89. The van der Waals surface area contributed by atoms with Crippen molar-refractivity contribution in [2.24, 2.45) is 0 Å². The quantitative estimate of drug-likeness (QED) is 0.480. The van der Waals surface area contributed by atoms with Crippen LogP contribution in [-0.2, 0) is 11.1 Å². The third-order valence-corrected chi connectivity index (χ3v) is 3.89. The minimum atomic E-state index is -2.73. The fourth-order valence-corrected chi connectivity index (χ4v) is 2.92. The summed E-state index contributed by atoms with van der Waals surface area (Å²) in [4.78, 5) is 9.72. The smallest absolute Gasteiger partial charge is 0.307 e. The molecule has 0 aliphatic heterocycles. The van der Waals surface area contributed by atoms with E-state index in [2.05, 4.69) is 15.9 Å². The average molecular weight is 285 g/mol. The van der Waals surface area contributed by atoms with Gasteiger partial charge in [0.25, 0.3) is 0 Å². The molecule has 0 saturated heterocycles. The van der Waals surface area contributed by atoms with E-state index in [0.717, 1.165) is 11.3 Å². The van der Waals surface area contributed by atoms with Crippen molar-refractivity contribution >= 4 is 38.3 Å². The maximum atomic E-state index is 10.5. The summed E-state index contributed by atoms with van der Waals surface area (Å²) in [6.07, 6.45) is 0. The Bertz CT molecular complexity index is 338. The van der Waals surface area contributed by atoms with Crippen LogP contribution in [0.5, 0.6) is 0 Å². The Morgan fingerprint density at radius 2 is 2.31 bits per heavy atom. The molecule has 2 atom stereocenters. The molecule has 0 radical (unpaired) electrons. The molecule has 0 bridgehead atoms. The zero-order valence-electron chi connectivity index (χ0n) is 6.01. The van der Waals surface area contributed by atoms with Gasteiger partial charge in [-0.05, 0) is 22.0 Å². The SMILES string of the molecule is O=[N+]([O-])C(c1cc(Br)cs1)S(=O)[O-]. The summed E-state index contributed by atoms with van der Waals surface area (Å²) in [6, 6.07) is 1.42. The Morgan fingerprint density at radius 1 is 1.69 bits per heavy atom. The van der Waals surface area contributed by atoms with Crippen LogP contribution in [0.15, 0.2) is 15.9 Å². The molecule has 0 aromatic carbocycles. The second-order valence-electron chi connectivity index (χ2n) is 2.07. The van der Waals surface area contributed by atoms with Crippen LogP contribution in [0.2, 0.25) is 0 Å². The van der Waals surface area contributed by atoms with E-state index in [9.17, 15) is 18.9 Å². The molecule has 1 rings (SSSR count). The number of hydrogen-bond donors (Lipinski definition) is 0. The molecule has 1 aromatic heterocycles. The van der Waals surface area contributed by atoms with E-state index in [1.807, 2.05) is 0 Å². The monoisotopic (exact) mass is 284 g/mol. The molecule has 0 N–H and O–H groups in total. The first kappa shape index (κ1) is 10.8. The second kappa shape index (κ2) is 4.27. The van der Waals surface area contributed by atoms with Crippen LogP contribution < -0.4 is 0 Å². The first-order chi connectivity index (χ1) is 6.02. The minimum absolute atomic E-state index is 0.199. The van der Waals surface area contributed by atoms with Crippen molar-refractivity contribution in [3.63, 3.8) is 0 Å². The number of rotatable bonds is 3. The number of thiophene rings is 1. The fourth-order valence-electron chi connectivity index (χ4n) is 0.727. The number of hydrogen-bond acceptors (Lipinski definition) is 5. The molecule has 0 fully saturated rings. The Morgan fingerprint density at radius 3 is 2.62 bits per heavy atom. The molecule has 8 heteroatoms. The van der Waals surface area contributed by atoms with Gasteiger partial charge in [-0.15, -0.1) is 11.3 Å². The van der Waals surface area contributed by atoms with Crippen molar-refractivity contribution in [1.82, 2.24) is 0 Å². The highest BCUT2D eigenvalue weighted by Gasteiger charge is 2.25. The van der Waals surface area contributed by atoms with Gasteiger partial charge in [0.2, 0.25) is 0 Å². The Hall–Kier alpha value is -0.310. The molecule has 13 heavy (non-hydrogen) atoms. The molecular formula is C5H3BrNO4S2-. The van der Waals surface area contributed by atoms with Crippen molar-refractivity contribution in [3.8, 4) is 0 Å². The van der Waals surface area contributed by atoms with Crippen LogP contribution in [0.4, 0.5) is 0 Å². The summed E-state index contributed by atoms with van der Waals surface area (Å²) in [6.45, 7) is 0. The Balaban J connectivity index is 3.02. The van der Waals surface area contributed by atoms with Gasteiger partial charge in [-0.25, -0.2) is 0 Å². The normalized spacial score (nSPS) is 15.2. The summed E-state index contributed by atoms with van der Waals surface area (Å²) >= 11 is 1.39. The lowest BCUT2D eigenvalue weighted by Crippen LogP contribution is -2.14. The third-order valence-electron chi connectivity index (χ3n) is 1.20. The number of nitrogens with zero attached hydrogens (tertiary/aromatic N) is 1. The number of halogens is 1.